The Hall–Kier alpha value is -4.82. The quantitative estimate of drug-likeness (QED) is 0.214. The number of rotatable bonds is 6. The molecule has 0 amide bonds. The zero-order chi connectivity index (χ0) is 25.7. The topological polar surface area (TPSA) is 3.24 Å². The molecule has 180 valence electrons. The minimum atomic E-state index is 1.13. The van der Waals surface area contributed by atoms with Crippen molar-refractivity contribution in [2.24, 2.45) is 0 Å². The molecule has 0 bridgehead atoms. The third kappa shape index (κ3) is 5.03. The smallest absolute Gasteiger partial charge is 0.139 e. The first-order valence-corrected chi connectivity index (χ1v) is 13.0. The van der Waals surface area contributed by atoms with Crippen molar-refractivity contribution in [3.63, 3.8) is 0 Å². The highest BCUT2D eigenvalue weighted by Gasteiger charge is 2.13. The molecule has 0 fully saturated rings. The van der Waals surface area contributed by atoms with Crippen LogP contribution in [0.15, 0.2) is 158 Å². The Bertz CT molecular complexity index is 1660. The summed E-state index contributed by atoms with van der Waals surface area (Å²) in [6, 6.07) is 56.2. The van der Waals surface area contributed by atoms with Crippen molar-refractivity contribution in [2.45, 2.75) is 0 Å². The van der Waals surface area contributed by atoms with Crippen molar-refractivity contribution in [3.8, 4) is 33.4 Å². The molecule has 6 rings (SSSR count). The molecule has 6 aromatic carbocycles. The highest BCUT2D eigenvalue weighted by molar-refractivity contribution is 6.32. The van der Waals surface area contributed by atoms with Crippen LogP contribution in [0.25, 0.3) is 33.4 Å². The van der Waals surface area contributed by atoms with Gasteiger partial charge in [0.25, 0.3) is 0 Å². The molecule has 2 heteroatoms. The number of para-hydroxylation sites is 1. The lowest BCUT2D eigenvalue weighted by molar-refractivity contribution is 1.28. The van der Waals surface area contributed by atoms with Gasteiger partial charge in [0.1, 0.15) is 7.85 Å². The van der Waals surface area contributed by atoms with E-state index in [9.17, 15) is 0 Å². The fourth-order valence-corrected chi connectivity index (χ4v) is 4.99. The molecule has 0 heterocycles. The van der Waals surface area contributed by atoms with E-state index in [4.69, 9.17) is 0 Å². The lowest BCUT2D eigenvalue weighted by Gasteiger charge is -2.26. The first-order valence-electron chi connectivity index (χ1n) is 13.0. The van der Waals surface area contributed by atoms with Crippen molar-refractivity contribution >= 4 is 30.4 Å². The van der Waals surface area contributed by atoms with Crippen LogP contribution in [-0.2, 0) is 0 Å². The summed E-state index contributed by atoms with van der Waals surface area (Å²) in [4.78, 5) is 2.32. The SMILES string of the molecule is Bc1cccc(-c2cccc(N(c3ccccc3)c3ccc(-c4cccc(-c5ccccc5)c4)cc3)c2)c1. The molecule has 0 aliphatic rings. The Morgan fingerprint density at radius 3 is 1.42 bits per heavy atom. The number of anilines is 3. The summed E-state index contributed by atoms with van der Waals surface area (Å²) in [7, 11) is 2.14. The molecule has 0 aliphatic carbocycles. The van der Waals surface area contributed by atoms with Gasteiger partial charge in [-0.15, -0.1) is 0 Å². The summed E-state index contributed by atoms with van der Waals surface area (Å²) in [5.74, 6) is 0. The summed E-state index contributed by atoms with van der Waals surface area (Å²) in [6.07, 6.45) is 0. The van der Waals surface area contributed by atoms with E-state index < -0.39 is 0 Å². The average Bonchev–Trinajstić information content (AvgIpc) is 2.99. The number of nitrogens with zero attached hydrogens (tertiary/aromatic N) is 1. The van der Waals surface area contributed by atoms with Crippen LogP contribution in [-0.4, -0.2) is 7.85 Å². The number of hydrogen-bond donors (Lipinski definition) is 0. The molecular weight excluding hydrogens is 457 g/mol. The highest BCUT2D eigenvalue weighted by Crippen LogP contribution is 2.37. The summed E-state index contributed by atoms with van der Waals surface area (Å²) in [5.41, 5.74) is 12.0. The third-order valence-corrected chi connectivity index (χ3v) is 6.90. The van der Waals surface area contributed by atoms with Gasteiger partial charge in [-0.3, -0.25) is 0 Å². The van der Waals surface area contributed by atoms with Crippen LogP contribution >= 0.6 is 0 Å². The Kier molecular flexibility index (Phi) is 6.61. The van der Waals surface area contributed by atoms with Crippen molar-refractivity contribution in [2.75, 3.05) is 4.90 Å². The van der Waals surface area contributed by atoms with E-state index in [0.29, 0.717) is 0 Å². The predicted octanol–water partition coefficient (Wildman–Crippen LogP) is 8.42. The van der Waals surface area contributed by atoms with E-state index in [1.807, 2.05) is 0 Å². The predicted molar refractivity (Wildman–Crippen MR) is 166 cm³/mol. The third-order valence-electron chi connectivity index (χ3n) is 6.90. The normalized spacial score (nSPS) is 10.7. The van der Waals surface area contributed by atoms with Gasteiger partial charge in [0, 0.05) is 17.1 Å². The first kappa shape index (κ1) is 23.6. The Labute approximate surface area is 226 Å². The maximum atomic E-state index is 2.32. The lowest BCUT2D eigenvalue weighted by Crippen LogP contribution is -2.10. The molecule has 0 aliphatic heterocycles. The summed E-state index contributed by atoms with van der Waals surface area (Å²) in [5, 5.41) is 0. The average molecular weight is 485 g/mol. The molecule has 0 saturated heterocycles. The van der Waals surface area contributed by atoms with E-state index in [1.165, 1.54) is 38.8 Å². The zero-order valence-electron chi connectivity index (χ0n) is 21.5. The van der Waals surface area contributed by atoms with Crippen LogP contribution in [0, 0.1) is 0 Å². The van der Waals surface area contributed by atoms with E-state index >= 15 is 0 Å². The van der Waals surface area contributed by atoms with Gasteiger partial charge in [-0.2, -0.15) is 0 Å². The molecule has 1 nitrogen and oxygen atoms in total. The molecule has 0 aromatic heterocycles. The molecule has 0 saturated carbocycles. The Morgan fingerprint density at radius 2 is 0.763 bits per heavy atom. The van der Waals surface area contributed by atoms with Gasteiger partial charge in [0.05, 0.1) is 0 Å². The second-order valence-corrected chi connectivity index (χ2v) is 9.58. The summed E-state index contributed by atoms with van der Waals surface area (Å²) < 4.78 is 0. The van der Waals surface area contributed by atoms with Crippen LogP contribution in [0.4, 0.5) is 17.1 Å². The zero-order valence-corrected chi connectivity index (χ0v) is 21.5. The van der Waals surface area contributed by atoms with Crippen LogP contribution in [0.3, 0.4) is 0 Å². The molecular formula is C36H28BN. The lowest BCUT2D eigenvalue weighted by atomic mass is 9.92. The van der Waals surface area contributed by atoms with Crippen molar-refractivity contribution in [1.29, 1.82) is 0 Å². The van der Waals surface area contributed by atoms with Gasteiger partial charge in [0.15, 0.2) is 0 Å². The molecule has 0 atom stereocenters. The van der Waals surface area contributed by atoms with Gasteiger partial charge in [-0.05, 0) is 75.8 Å². The summed E-state index contributed by atoms with van der Waals surface area (Å²) >= 11 is 0. The monoisotopic (exact) mass is 485 g/mol. The van der Waals surface area contributed by atoms with Gasteiger partial charge >= 0.3 is 0 Å². The van der Waals surface area contributed by atoms with Gasteiger partial charge in [0.2, 0.25) is 0 Å². The number of hydrogen-bond acceptors (Lipinski definition) is 1. The molecule has 0 spiro atoms. The van der Waals surface area contributed by atoms with Crippen molar-refractivity contribution in [3.05, 3.63) is 158 Å². The number of benzene rings is 6. The molecule has 0 unspecified atom stereocenters. The molecule has 0 N–H and O–H groups in total. The fourth-order valence-electron chi connectivity index (χ4n) is 4.99. The van der Waals surface area contributed by atoms with Crippen molar-refractivity contribution in [1.82, 2.24) is 0 Å². The van der Waals surface area contributed by atoms with E-state index in [0.717, 1.165) is 17.1 Å². The van der Waals surface area contributed by atoms with Crippen LogP contribution < -0.4 is 10.4 Å². The first-order chi connectivity index (χ1) is 18.7. The van der Waals surface area contributed by atoms with Gasteiger partial charge in [-0.1, -0.05) is 121 Å². The minimum absolute atomic E-state index is 1.13. The molecule has 0 radical (unpaired) electrons. The Morgan fingerprint density at radius 1 is 0.316 bits per heavy atom. The fraction of sp³-hybridized carbons (Fsp3) is 0. The van der Waals surface area contributed by atoms with E-state index in [2.05, 4.69) is 170 Å². The standard InChI is InChI=1S/C36H28BN/c37-33-16-8-14-31(25-33)32-15-9-19-36(26-32)38(34-17-5-2-6-18-34)35-22-20-28(21-23-35)30-13-7-12-29(24-30)27-10-3-1-4-11-27/h1-26H,37H2. The summed E-state index contributed by atoms with van der Waals surface area (Å²) in [6.45, 7) is 0. The maximum absolute atomic E-state index is 2.32. The van der Waals surface area contributed by atoms with Crippen LogP contribution in [0.5, 0.6) is 0 Å². The van der Waals surface area contributed by atoms with Gasteiger partial charge in [-0.25, -0.2) is 0 Å². The molecule has 38 heavy (non-hydrogen) atoms. The molecule has 6 aromatic rings. The van der Waals surface area contributed by atoms with Crippen LogP contribution in [0.1, 0.15) is 0 Å². The van der Waals surface area contributed by atoms with Crippen LogP contribution in [0.2, 0.25) is 0 Å². The maximum Gasteiger partial charge on any atom is 0.139 e. The van der Waals surface area contributed by atoms with E-state index in [-0.39, 0.29) is 0 Å². The van der Waals surface area contributed by atoms with E-state index in [1.54, 1.807) is 0 Å². The second kappa shape index (κ2) is 10.7. The largest absolute Gasteiger partial charge is 0.310 e. The van der Waals surface area contributed by atoms with Crippen molar-refractivity contribution < 1.29 is 0 Å². The minimum Gasteiger partial charge on any atom is -0.310 e. The Balaban J connectivity index is 1.38. The highest BCUT2D eigenvalue weighted by atomic mass is 15.1. The second-order valence-electron chi connectivity index (χ2n) is 9.58. The van der Waals surface area contributed by atoms with Gasteiger partial charge < -0.3 is 4.90 Å².